The summed E-state index contributed by atoms with van der Waals surface area (Å²) in [6.07, 6.45) is 1.63. The first-order valence-electron chi connectivity index (χ1n) is 6.04. The van der Waals surface area contributed by atoms with Gasteiger partial charge in [-0.05, 0) is 36.9 Å². The van der Waals surface area contributed by atoms with Crippen molar-refractivity contribution >= 4 is 56.4 Å². The van der Waals surface area contributed by atoms with Crippen molar-refractivity contribution in [3.8, 4) is 0 Å². The lowest BCUT2D eigenvalue weighted by Crippen LogP contribution is -1.85. The third-order valence-corrected chi connectivity index (χ3v) is 6.88. The molecule has 3 aromatic rings. The summed E-state index contributed by atoms with van der Waals surface area (Å²) < 4.78 is 1.95. The van der Waals surface area contributed by atoms with Crippen molar-refractivity contribution < 1.29 is 0 Å². The predicted molar refractivity (Wildman–Crippen MR) is 87.3 cm³/mol. The van der Waals surface area contributed by atoms with Crippen LogP contribution in [0.5, 0.6) is 0 Å². The minimum absolute atomic E-state index is 0.934. The molecule has 4 nitrogen and oxygen atoms in total. The molecule has 0 fully saturated rings. The van der Waals surface area contributed by atoms with Gasteiger partial charge in [0, 0.05) is 10.3 Å². The van der Waals surface area contributed by atoms with Gasteiger partial charge in [0.2, 0.25) is 0 Å². The van der Waals surface area contributed by atoms with E-state index in [0.29, 0.717) is 0 Å². The van der Waals surface area contributed by atoms with Crippen LogP contribution in [0.1, 0.15) is 17.4 Å². The molecule has 0 bridgehead atoms. The Kier molecular flexibility index (Phi) is 4.25. The van der Waals surface area contributed by atoms with E-state index in [1.807, 2.05) is 0 Å². The van der Waals surface area contributed by atoms with Crippen LogP contribution in [0, 0.1) is 13.8 Å². The third kappa shape index (κ3) is 2.69. The third-order valence-electron chi connectivity index (χ3n) is 2.77. The smallest absolute Gasteiger partial charge is 0.181 e. The number of thioether (sulfide) groups is 1. The minimum Gasteiger partial charge on any atom is -0.229 e. The van der Waals surface area contributed by atoms with E-state index >= 15 is 0 Å². The lowest BCUT2D eigenvalue weighted by Gasteiger charge is -1.99. The number of thiophene rings is 1. The Morgan fingerprint density at radius 3 is 2.70 bits per heavy atom. The van der Waals surface area contributed by atoms with Crippen molar-refractivity contribution in [3.63, 3.8) is 0 Å². The van der Waals surface area contributed by atoms with E-state index in [2.05, 4.69) is 40.9 Å². The molecule has 3 aromatic heterocycles. The van der Waals surface area contributed by atoms with Crippen LogP contribution in [0.4, 0.5) is 0 Å². The first kappa shape index (κ1) is 14.2. The Balaban J connectivity index is 1.97. The zero-order chi connectivity index (χ0) is 14.1. The van der Waals surface area contributed by atoms with Crippen LogP contribution in [0.3, 0.4) is 0 Å². The fourth-order valence-corrected chi connectivity index (χ4v) is 5.77. The fraction of sp³-hybridized carbons (Fsp3) is 0.333. The Morgan fingerprint density at radius 2 is 1.90 bits per heavy atom. The number of aryl methyl sites for hydroxylation is 2. The predicted octanol–water partition coefficient (Wildman–Crippen LogP) is 4.42. The van der Waals surface area contributed by atoms with E-state index in [1.165, 1.54) is 10.4 Å². The van der Waals surface area contributed by atoms with E-state index in [9.17, 15) is 0 Å². The highest BCUT2D eigenvalue weighted by Crippen LogP contribution is 2.39. The molecule has 20 heavy (non-hydrogen) atoms. The molecule has 0 aliphatic heterocycles. The molecule has 8 heteroatoms. The normalized spacial score (nSPS) is 11.3. The SMILES string of the molecule is CCSc1nnc(Sc2ncnc3sc(C)c(C)c23)s1. The second-order valence-corrected chi connectivity index (χ2v) is 8.94. The van der Waals surface area contributed by atoms with Gasteiger partial charge in [-0.25, -0.2) is 9.97 Å². The van der Waals surface area contributed by atoms with Crippen LogP contribution in [0.2, 0.25) is 0 Å². The lowest BCUT2D eigenvalue weighted by molar-refractivity contribution is 0.953. The highest BCUT2D eigenvalue weighted by molar-refractivity contribution is 8.03. The van der Waals surface area contributed by atoms with Gasteiger partial charge in [0.05, 0.1) is 0 Å². The molecular formula is C12H12N4S4. The molecule has 0 radical (unpaired) electrons. The molecule has 0 aliphatic rings. The van der Waals surface area contributed by atoms with Crippen LogP contribution in [-0.2, 0) is 0 Å². The van der Waals surface area contributed by atoms with E-state index in [0.717, 1.165) is 29.7 Å². The summed E-state index contributed by atoms with van der Waals surface area (Å²) in [7, 11) is 0. The fourth-order valence-electron chi connectivity index (χ4n) is 1.73. The quantitative estimate of drug-likeness (QED) is 0.517. The number of fused-ring (bicyclic) bond motifs is 1. The summed E-state index contributed by atoms with van der Waals surface area (Å²) in [4.78, 5) is 11.1. The molecule has 3 rings (SSSR count). The maximum atomic E-state index is 4.42. The van der Waals surface area contributed by atoms with Crippen LogP contribution < -0.4 is 0 Å². The summed E-state index contributed by atoms with van der Waals surface area (Å²) in [5.74, 6) is 1.01. The number of hydrogen-bond donors (Lipinski definition) is 0. The van der Waals surface area contributed by atoms with Gasteiger partial charge in [-0.3, -0.25) is 0 Å². The second kappa shape index (κ2) is 5.97. The van der Waals surface area contributed by atoms with Gasteiger partial charge < -0.3 is 0 Å². The van der Waals surface area contributed by atoms with E-state index < -0.39 is 0 Å². The second-order valence-electron chi connectivity index (χ2n) is 4.01. The van der Waals surface area contributed by atoms with Gasteiger partial charge in [0.15, 0.2) is 8.68 Å². The Labute approximate surface area is 133 Å². The Bertz CT molecular complexity index is 749. The average molecular weight is 341 g/mol. The number of nitrogens with zero attached hydrogens (tertiary/aromatic N) is 4. The summed E-state index contributed by atoms with van der Waals surface area (Å²) in [6.45, 7) is 6.36. The molecule has 0 atom stereocenters. The Hall–Kier alpha value is -0.700. The monoisotopic (exact) mass is 340 g/mol. The topological polar surface area (TPSA) is 51.6 Å². The largest absolute Gasteiger partial charge is 0.229 e. The van der Waals surface area contributed by atoms with Gasteiger partial charge >= 0.3 is 0 Å². The molecule has 0 unspecified atom stereocenters. The van der Waals surface area contributed by atoms with Crippen molar-refractivity contribution in [2.24, 2.45) is 0 Å². The summed E-state index contributed by atoms with van der Waals surface area (Å²) >= 11 is 6.63. The van der Waals surface area contributed by atoms with Gasteiger partial charge in [-0.1, -0.05) is 30.0 Å². The highest BCUT2D eigenvalue weighted by Gasteiger charge is 2.15. The van der Waals surface area contributed by atoms with Crippen molar-refractivity contribution in [2.75, 3.05) is 5.75 Å². The van der Waals surface area contributed by atoms with Crippen LogP contribution in [0.15, 0.2) is 20.0 Å². The lowest BCUT2D eigenvalue weighted by atomic mass is 10.2. The first-order chi connectivity index (χ1) is 9.69. The van der Waals surface area contributed by atoms with Crippen molar-refractivity contribution in [1.29, 1.82) is 0 Å². The molecule has 0 N–H and O–H groups in total. The number of aromatic nitrogens is 4. The molecule has 0 aromatic carbocycles. The molecule has 0 amide bonds. The average Bonchev–Trinajstić information content (AvgIpc) is 2.97. The molecule has 0 saturated heterocycles. The van der Waals surface area contributed by atoms with E-state index in [4.69, 9.17) is 0 Å². The van der Waals surface area contributed by atoms with Crippen LogP contribution >= 0.6 is 46.2 Å². The molecule has 0 aliphatic carbocycles. The van der Waals surface area contributed by atoms with Crippen molar-refractivity contribution in [3.05, 3.63) is 16.8 Å². The van der Waals surface area contributed by atoms with Gasteiger partial charge in [0.1, 0.15) is 16.2 Å². The number of rotatable bonds is 4. The maximum Gasteiger partial charge on any atom is 0.181 e. The maximum absolute atomic E-state index is 4.42. The zero-order valence-corrected chi connectivity index (χ0v) is 14.5. The highest BCUT2D eigenvalue weighted by atomic mass is 32.2. The Morgan fingerprint density at radius 1 is 1.10 bits per heavy atom. The summed E-state index contributed by atoms with van der Waals surface area (Å²) in [5.41, 5.74) is 1.26. The van der Waals surface area contributed by atoms with E-state index in [1.54, 1.807) is 52.5 Å². The van der Waals surface area contributed by atoms with Crippen molar-refractivity contribution in [1.82, 2.24) is 20.2 Å². The van der Waals surface area contributed by atoms with E-state index in [-0.39, 0.29) is 0 Å². The molecular weight excluding hydrogens is 328 g/mol. The molecule has 104 valence electrons. The molecule has 0 spiro atoms. The number of hydrogen-bond acceptors (Lipinski definition) is 8. The van der Waals surface area contributed by atoms with Crippen molar-refractivity contribution in [2.45, 2.75) is 34.5 Å². The van der Waals surface area contributed by atoms with Gasteiger partial charge in [-0.2, -0.15) is 0 Å². The standard InChI is InChI=1S/C12H12N4S4/c1-4-17-11-15-16-12(20-11)19-10-8-6(2)7(3)18-9(8)13-5-14-10/h5H,4H2,1-3H3. The summed E-state index contributed by atoms with van der Waals surface area (Å²) in [5, 5.41) is 10.5. The summed E-state index contributed by atoms with van der Waals surface area (Å²) in [6, 6.07) is 0. The van der Waals surface area contributed by atoms with Gasteiger partial charge in [-0.15, -0.1) is 21.5 Å². The first-order valence-corrected chi connectivity index (χ1v) is 9.47. The van der Waals surface area contributed by atoms with Crippen LogP contribution in [-0.4, -0.2) is 25.9 Å². The van der Waals surface area contributed by atoms with Crippen LogP contribution in [0.25, 0.3) is 10.2 Å². The zero-order valence-electron chi connectivity index (χ0n) is 11.2. The molecule has 0 saturated carbocycles. The minimum atomic E-state index is 0.934. The molecule has 3 heterocycles. The van der Waals surface area contributed by atoms with Gasteiger partial charge in [0.25, 0.3) is 0 Å².